The van der Waals surface area contributed by atoms with Crippen LogP contribution in [0.5, 0.6) is 0 Å². The van der Waals surface area contributed by atoms with Gasteiger partial charge in [-0.15, -0.1) is 0 Å². The van der Waals surface area contributed by atoms with Gasteiger partial charge in [0, 0.05) is 29.3 Å². The first-order valence-electron chi connectivity index (χ1n) is 8.84. The van der Waals surface area contributed by atoms with E-state index in [1.165, 1.54) is 6.92 Å². The highest BCUT2D eigenvalue weighted by Gasteiger charge is 2.21. The zero-order chi connectivity index (χ0) is 19.7. The smallest absolute Gasteiger partial charge is 0.221 e. The van der Waals surface area contributed by atoms with E-state index >= 15 is 0 Å². The van der Waals surface area contributed by atoms with Gasteiger partial charge in [0.1, 0.15) is 11.4 Å². The molecule has 1 aromatic carbocycles. The van der Waals surface area contributed by atoms with Crippen LogP contribution in [-0.4, -0.2) is 30.7 Å². The van der Waals surface area contributed by atoms with E-state index in [0.717, 1.165) is 38.5 Å². The minimum Gasteiger partial charge on any atom is -0.326 e. The van der Waals surface area contributed by atoms with Crippen LogP contribution in [0.25, 0.3) is 5.03 Å². The fourth-order valence-corrected chi connectivity index (χ4v) is 3.90. The molecular formula is C19H21N7OS. The summed E-state index contributed by atoms with van der Waals surface area (Å²) < 4.78 is 2.11. The van der Waals surface area contributed by atoms with Crippen LogP contribution in [0.15, 0.2) is 47.8 Å². The number of anilines is 2. The number of benzene rings is 1. The minimum atomic E-state index is -0.0794. The highest BCUT2D eigenvalue weighted by atomic mass is 32.2. The van der Waals surface area contributed by atoms with E-state index < -0.39 is 0 Å². The molecule has 144 valence electrons. The third-order valence-electron chi connectivity index (χ3n) is 4.26. The van der Waals surface area contributed by atoms with Crippen molar-refractivity contribution >= 4 is 34.2 Å². The lowest BCUT2D eigenvalue weighted by atomic mass is 10.3. The van der Waals surface area contributed by atoms with Crippen LogP contribution >= 0.6 is 11.8 Å². The van der Waals surface area contributed by atoms with Crippen LogP contribution in [0, 0.1) is 13.8 Å². The number of hydrazine groups is 1. The molecule has 3 heterocycles. The number of thioether (sulfide) groups is 1. The van der Waals surface area contributed by atoms with Crippen LogP contribution in [0.3, 0.4) is 0 Å². The molecule has 0 aliphatic carbocycles. The zero-order valence-electron chi connectivity index (χ0n) is 15.9. The molecule has 0 fully saturated rings. The quantitative estimate of drug-likeness (QED) is 0.612. The largest absolute Gasteiger partial charge is 0.326 e. The highest BCUT2D eigenvalue weighted by molar-refractivity contribution is 8.08. The van der Waals surface area contributed by atoms with Crippen molar-refractivity contribution in [1.82, 2.24) is 24.8 Å². The van der Waals surface area contributed by atoms with E-state index in [4.69, 9.17) is 0 Å². The lowest BCUT2D eigenvalue weighted by Crippen LogP contribution is -2.29. The summed E-state index contributed by atoms with van der Waals surface area (Å²) in [7, 11) is 0. The fraction of sp³-hybridized carbons (Fsp3) is 0.211. The Balaban J connectivity index is 1.57. The Hall–Kier alpha value is -3.20. The maximum atomic E-state index is 11.2. The van der Waals surface area contributed by atoms with Gasteiger partial charge in [0.05, 0.1) is 24.1 Å². The summed E-state index contributed by atoms with van der Waals surface area (Å²) >= 11 is 1.63. The highest BCUT2D eigenvalue weighted by Crippen LogP contribution is 2.35. The van der Waals surface area contributed by atoms with Crippen molar-refractivity contribution in [3.63, 3.8) is 0 Å². The molecule has 0 saturated carbocycles. The van der Waals surface area contributed by atoms with Gasteiger partial charge in [0.15, 0.2) is 5.82 Å². The molecule has 28 heavy (non-hydrogen) atoms. The third-order valence-corrected chi connectivity index (χ3v) is 5.28. The topological polar surface area (TPSA) is 90.9 Å². The first-order valence-corrected chi connectivity index (χ1v) is 9.65. The van der Waals surface area contributed by atoms with Gasteiger partial charge in [-0.1, -0.05) is 11.8 Å². The van der Waals surface area contributed by atoms with Gasteiger partial charge in [0.25, 0.3) is 0 Å². The standard InChI is InChI=1S/C19H21N7OS/c1-12-8-18(23-22-12)24-25-9-17-13(2)20-11-26(17)19(10-25)28-16-6-4-15(5-7-16)21-14(3)27/h4-8,10-11H,9H2,1-3H3,(H,21,27)(H2,22,23,24). The Morgan fingerprint density at radius 3 is 2.71 bits per heavy atom. The number of aryl methyl sites for hydroxylation is 2. The Morgan fingerprint density at radius 2 is 2.04 bits per heavy atom. The second kappa shape index (κ2) is 7.43. The summed E-state index contributed by atoms with van der Waals surface area (Å²) in [5, 5.41) is 13.0. The number of imidazole rings is 1. The number of rotatable bonds is 5. The summed E-state index contributed by atoms with van der Waals surface area (Å²) in [6.45, 7) is 6.16. The van der Waals surface area contributed by atoms with Crippen LogP contribution in [0.2, 0.25) is 0 Å². The number of carbonyl (C=O) groups excluding carboxylic acids is 1. The van der Waals surface area contributed by atoms with Crippen molar-refractivity contribution in [3.05, 3.63) is 59.9 Å². The normalized spacial score (nSPS) is 13.1. The van der Waals surface area contributed by atoms with Gasteiger partial charge in [-0.05, 0) is 38.1 Å². The van der Waals surface area contributed by atoms with Crippen molar-refractivity contribution in [2.45, 2.75) is 32.2 Å². The third kappa shape index (κ3) is 3.89. The summed E-state index contributed by atoms with van der Waals surface area (Å²) in [4.78, 5) is 16.7. The number of hydrogen-bond acceptors (Lipinski definition) is 6. The molecule has 0 spiro atoms. The second-order valence-electron chi connectivity index (χ2n) is 6.60. The van der Waals surface area contributed by atoms with Gasteiger partial charge >= 0.3 is 0 Å². The van der Waals surface area contributed by atoms with Gasteiger partial charge in [-0.3, -0.25) is 24.9 Å². The predicted molar refractivity (Wildman–Crippen MR) is 110 cm³/mol. The molecule has 0 atom stereocenters. The van der Waals surface area contributed by atoms with E-state index in [0.29, 0.717) is 6.54 Å². The first-order chi connectivity index (χ1) is 13.5. The fourth-order valence-electron chi connectivity index (χ4n) is 2.95. The monoisotopic (exact) mass is 395 g/mol. The van der Waals surface area contributed by atoms with Gasteiger partial charge in [-0.25, -0.2) is 4.98 Å². The van der Waals surface area contributed by atoms with Crippen molar-refractivity contribution < 1.29 is 4.79 Å². The van der Waals surface area contributed by atoms with Crippen molar-refractivity contribution in [2.24, 2.45) is 0 Å². The molecule has 3 aromatic rings. The number of aromatic nitrogens is 4. The maximum absolute atomic E-state index is 11.2. The Morgan fingerprint density at radius 1 is 1.25 bits per heavy atom. The van der Waals surface area contributed by atoms with E-state index in [1.54, 1.807) is 11.8 Å². The van der Waals surface area contributed by atoms with Gasteiger partial charge in [-0.2, -0.15) is 5.10 Å². The van der Waals surface area contributed by atoms with Crippen molar-refractivity contribution in [3.8, 4) is 0 Å². The summed E-state index contributed by atoms with van der Waals surface area (Å²) in [5.74, 6) is 0.688. The molecule has 9 heteroatoms. The minimum absolute atomic E-state index is 0.0794. The summed E-state index contributed by atoms with van der Waals surface area (Å²) in [6.07, 6.45) is 3.90. The van der Waals surface area contributed by atoms with Crippen LogP contribution in [0.1, 0.15) is 24.0 Å². The molecule has 0 unspecified atom stereocenters. The number of nitrogens with one attached hydrogen (secondary N) is 3. The lowest BCUT2D eigenvalue weighted by molar-refractivity contribution is -0.114. The Labute approximate surface area is 167 Å². The number of amides is 1. The number of fused-ring (bicyclic) bond motifs is 1. The SMILES string of the molecule is CC(=O)Nc1ccc(SC2=CN(Nc3cc(C)[nH]n3)Cc3c(C)ncn32)cc1. The van der Waals surface area contributed by atoms with E-state index in [2.05, 4.69) is 30.5 Å². The predicted octanol–water partition coefficient (Wildman–Crippen LogP) is 3.57. The summed E-state index contributed by atoms with van der Waals surface area (Å²) in [5.41, 5.74) is 7.22. The zero-order valence-corrected chi connectivity index (χ0v) is 16.7. The average molecular weight is 395 g/mol. The van der Waals surface area contributed by atoms with Crippen molar-refractivity contribution in [1.29, 1.82) is 0 Å². The van der Waals surface area contributed by atoms with E-state index in [1.807, 2.05) is 61.7 Å². The first kappa shape index (κ1) is 18.2. The molecule has 1 amide bonds. The summed E-state index contributed by atoms with van der Waals surface area (Å²) in [6, 6.07) is 9.74. The van der Waals surface area contributed by atoms with Crippen LogP contribution in [0.4, 0.5) is 11.5 Å². The molecule has 8 nitrogen and oxygen atoms in total. The van der Waals surface area contributed by atoms with E-state index in [9.17, 15) is 4.79 Å². The molecule has 4 rings (SSSR count). The molecule has 0 saturated heterocycles. The molecular weight excluding hydrogens is 374 g/mol. The number of nitrogens with zero attached hydrogens (tertiary/aromatic N) is 4. The number of carbonyl (C=O) groups is 1. The van der Waals surface area contributed by atoms with Crippen molar-refractivity contribution in [2.75, 3.05) is 10.7 Å². The molecule has 0 bridgehead atoms. The average Bonchev–Trinajstić information content (AvgIpc) is 3.22. The number of hydrogen-bond donors (Lipinski definition) is 3. The second-order valence-corrected chi connectivity index (χ2v) is 7.69. The number of H-pyrrole nitrogens is 1. The molecule has 1 aliphatic rings. The Bertz CT molecular complexity index is 1030. The van der Waals surface area contributed by atoms with E-state index in [-0.39, 0.29) is 5.91 Å². The number of aromatic amines is 1. The lowest BCUT2D eigenvalue weighted by Gasteiger charge is -2.28. The molecule has 3 N–H and O–H groups in total. The van der Waals surface area contributed by atoms with Gasteiger partial charge < -0.3 is 5.32 Å². The maximum Gasteiger partial charge on any atom is 0.221 e. The Kier molecular flexibility index (Phi) is 4.82. The van der Waals surface area contributed by atoms with Crippen LogP contribution in [-0.2, 0) is 11.3 Å². The molecule has 2 aromatic heterocycles. The molecule has 1 aliphatic heterocycles. The van der Waals surface area contributed by atoms with Gasteiger partial charge in [0.2, 0.25) is 5.91 Å². The molecule has 0 radical (unpaired) electrons. The van der Waals surface area contributed by atoms with Crippen LogP contribution < -0.4 is 10.7 Å².